The van der Waals surface area contributed by atoms with E-state index in [4.69, 9.17) is 28.4 Å². The number of phenolic OH excluding ortho intramolecular Hbond substituents is 1. The lowest BCUT2D eigenvalue weighted by atomic mass is 9.72. The van der Waals surface area contributed by atoms with Gasteiger partial charge in [-0.25, -0.2) is 4.79 Å². The van der Waals surface area contributed by atoms with Crippen molar-refractivity contribution in [2.24, 2.45) is 0 Å². The molecule has 0 amide bonds. The van der Waals surface area contributed by atoms with Crippen LogP contribution in [0.4, 0.5) is 0 Å². The quantitative estimate of drug-likeness (QED) is 0.172. The van der Waals surface area contributed by atoms with E-state index in [0.29, 0.717) is 88.8 Å². The number of aryl methyl sites for hydroxylation is 2. The number of nitrogens with one attached hydrogen (secondary N) is 2. The van der Waals surface area contributed by atoms with Crippen molar-refractivity contribution < 1.29 is 53.3 Å². The van der Waals surface area contributed by atoms with Crippen molar-refractivity contribution in [3.05, 3.63) is 68.3 Å². The van der Waals surface area contributed by atoms with Gasteiger partial charge in [0.2, 0.25) is 6.79 Å². The molecule has 7 aliphatic rings. The molecule has 8 atom stereocenters. The van der Waals surface area contributed by atoms with Gasteiger partial charge in [-0.2, -0.15) is 5.26 Å². The molecule has 5 N–H and O–H groups in total. The number of fused-ring (bicyclic) bond motifs is 9. The Labute approximate surface area is 345 Å². The molecule has 1 spiro atoms. The van der Waals surface area contributed by atoms with Crippen LogP contribution in [0.1, 0.15) is 80.7 Å². The number of phenols is 1. The lowest BCUT2D eigenvalue weighted by Gasteiger charge is -2.59. The van der Waals surface area contributed by atoms with Crippen LogP contribution < -0.4 is 34.3 Å². The number of nitrogens with zero attached hydrogens (tertiary/aromatic N) is 2. The SMILES string of the molecule is COc1cc2c(cc1CCC(O)CO)CCN[C@]21CS[C@@H]2c3c(OC(C)=O)c(C)c4c(c3C(COC1=O)N1[C@@H]2[C@@H]2N[C@@H](Cc3cc(C)c(OC)c(O)c32)[C@@H]1C#N)OCO4. The Morgan fingerprint density at radius 2 is 1.90 bits per heavy atom. The molecule has 15 nitrogen and oxygen atoms in total. The van der Waals surface area contributed by atoms with Gasteiger partial charge in [0.25, 0.3) is 0 Å². The smallest absolute Gasteiger partial charge is 0.331 e. The van der Waals surface area contributed by atoms with Crippen LogP contribution in [0, 0.1) is 25.2 Å². The van der Waals surface area contributed by atoms with Crippen LogP contribution in [0.25, 0.3) is 0 Å². The molecule has 2 saturated heterocycles. The fourth-order valence-electron chi connectivity index (χ4n) is 10.5. The first-order valence-corrected chi connectivity index (χ1v) is 21.0. The number of piperazine rings is 1. The van der Waals surface area contributed by atoms with Gasteiger partial charge in [-0.05, 0) is 73.4 Å². The predicted octanol–water partition coefficient (Wildman–Crippen LogP) is 3.23. The molecule has 2 unspecified atom stereocenters. The molecule has 312 valence electrons. The summed E-state index contributed by atoms with van der Waals surface area (Å²) < 4.78 is 36.5. The summed E-state index contributed by atoms with van der Waals surface area (Å²) >= 11 is 1.48. The van der Waals surface area contributed by atoms with Crippen LogP contribution in [0.15, 0.2) is 18.2 Å². The summed E-state index contributed by atoms with van der Waals surface area (Å²) in [5.74, 6) is 1.28. The van der Waals surface area contributed by atoms with E-state index in [1.807, 2.05) is 32.0 Å². The number of nitriles is 1. The van der Waals surface area contributed by atoms with Gasteiger partial charge in [0.1, 0.15) is 24.1 Å². The maximum absolute atomic E-state index is 14.9. The molecule has 0 aromatic heterocycles. The summed E-state index contributed by atoms with van der Waals surface area (Å²) in [5.41, 5.74) is 5.40. The average molecular weight is 829 g/mol. The molecule has 0 radical (unpaired) electrons. The number of aromatic hydroxyl groups is 1. The molecule has 3 aromatic carbocycles. The molecular weight excluding hydrogens is 781 g/mol. The van der Waals surface area contributed by atoms with E-state index in [-0.39, 0.29) is 37.6 Å². The Kier molecular flexibility index (Phi) is 10.1. The van der Waals surface area contributed by atoms with Crippen LogP contribution in [-0.2, 0) is 39.1 Å². The van der Waals surface area contributed by atoms with Crippen molar-refractivity contribution in [1.29, 1.82) is 5.26 Å². The Balaban J connectivity index is 1.27. The summed E-state index contributed by atoms with van der Waals surface area (Å²) in [6.07, 6.45) is 0.990. The Morgan fingerprint density at radius 3 is 2.63 bits per heavy atom. The highest BCUT2D eigenvalue weighted by Crippen LogP contribution is 2.63. The van der Waals surface area contributed by atoms with E-state index in [9.17, 15) is 30.2 Å². The molecule has 3 aromatic rings. The number of thioether (sulfide) groups is 1. The highest BCUT2D eigenvalue weighted by atomic mass is 32.2. The number of carbonyl (C=O) groups excluding carboxylic acids is 2. The molecule has 2 fully saturated rings. The molecular formula is C43H48N4O11S. The topological polar surface area (TPSA) is 201 Å². The first-order chi connectivity index (χ1) is 28.5. The van der Waals surface area contributed by atoms with Crippen LogP contribution in [0.2, 0.25) is 0 Å². The lowest BCUT2D eigenvalue weighted by molar-refractivity contribution is -0.155. The minimum Gasteiger partial charge on any atom is -0.504 e. The van der Waals surface area contributed by atoms with Crippen LogP contribution in [-0.4, -0.2) is 103 Å². The Bertz CT molecular complexity index is 2300. The first-order valence-electron chi connectivity index (χ1n) is 20.0. The third kappa shape index (κ3) is 6.03. The van der Waals surface area contributed by atoms with E-state index in [0.717, 1.165) is 22.3 Å². The van der Waals surface area contributed by atoms with E-state index >= 15 is 0 Å². The highest BCUT2D eigenvalue weighted by molar-refractivity contribution is 7.99. The maximum atomic E-state index is 14.9. The van der Waals surface area contributed by atoms with Gasteiger partial charge < -0.3 is 49.1 Å². The van der Waals surface area contributed by atoms with Crippen molar-refractivity contribution in [3.8, 4) is 40.6 Å². The predicted molar refractivity (Wildman–Crippen MR) is 213 cm³/mol. The third-order valence-corrected chi connectivity index (χ3v) is 14.5. The summed E-state index contributed by atoms with van der Waals surface area (Å²) in [6.45, 7) is 4.93. The molecule has 0 aliphatic carbocycles. The molecule has 16 heteroatoms. The molecule has 59 heavy (non-hydrogen) atoms. The molecule has 4 bridgehead atoms. The van der Waals surface area contributed by atoms with Crippen molar-refractivity contribution in [2.45, 2.75) is 93.6 Å². The number of aliphatic hydroxyl groups excluding tert-OH is 2. The summed E-state index contributed by atoms with van der Waals surface area (Å²) in [7, 11) is 3.09. The van der Waals surface area contributed by atoms with E-state index in [1.165, 1.54) is 25.8 Å². The molecule has 0 saturated carbocycles. The zero-order chi connectivity index (χ0) is 41.5. The van der Waals surface area contributed by atoms with E-state index in [1.54, 1.807) is 7.11 Å². The number of hydrogen-bond donors (Lipinski definition) is 5. The van der Waals surface area contributed by atoms with Gasteiger partial charge in [0.15, 0.2) is 28.5 Å². The zero-order valence-electron chi connectivity index (χ0n) is 33.5. The van der Waals surface area contributed by atoms with Gasteiger partial charge in [0, 0.05) is 53.6 Å². The van der Waals surface area contributed by atoms with Gasteiger partial charge in [-0.15, -0.1) is 11.8 Å². The standard InChI is InChI=1S/C43H48N4O11S/c1-19-10-24-12-27-28(14-44)47-29-16-55-42(52)43(26-13-30(53-4)23(6-7-25(50)15-48)11-22(26)8-9-45-43)17-59-41(35(47)34(46-27)31(24)36(51)37(19)54-5)33-32(29)40-39(56-18-57-40)20(2)38(33)58-21(3)49/h10-11,13,25,27-29,34-35,41,45-46,48,50-51H,6-9,12,15-18H2,1-5H3/t25?,27-,28-,29?,34+,35+,41+,43+/m0/s1. The second-order valence-corrected chi connectivity index (χ2v) is 17.3. The lowest BCUT2D eigenvalue weighted by Crippen LogP contribution is -2.69. The van der Waals surface area contributed by atoms with Gasteiger partial charge in [-0.3, -0.25) is 15.0 Å². The second kappa shape index (κ2) is 15.1. The van der Waals surface area contributed by atoms with Crippen molar-refractivity contribution in [3.63, 3.8) is 0 Å². The fourth-order valence-corrected chi connectivity index (χ4v) is 12.2. The number of benzene rings is 3. The minimum absolute atomic E-state index is 0.0225. The zero-order valence-corrected chi connectivity index (χ0v) is 34.4. The molecule has 10 rings (SSSR count). The number of carbonyl (C=O) groups is 2. The largest absolute Gasteiger partial charge is 0.504 e. The van der Waals surface area contributed by atoms with Gasteiger partial charge in [0.05, 0.1) is 50.3 Å². The van der Waals surface area contributed by atoms with Gasteiger partial charge in [-0.1, -0.05) is 12.1 Å². The number of rotatable bonds is 7. The fraction of sp³-hybridized carbons (Fsp3) is 0.512. The van der Waals surface area contributed by atoms with Gasteiger partial charge >= 0.3 is 11.9 Å². The summed E-state index contributed by atoms with van der Waals surface area (Å²) in [6, 6.07) is 5.60. The van der Waals surface area contributed by atoms with E-state index in [2.05, 4.69) is 21.6 Å². The summed E-state index contributed by atoms with van der Waals surface area (Å²) in [5, 5.41) is 49.4. The Morgan fingerprint density at radius 1 is 1.10 bits per heavy atom. The van der Waals surface area contributed by atoms with Crippen LogP contribution in [0.3, 0.4) is 0 Å². The third-order valence-electron chi connectivity index (χ3n) is 13.0. The number of esters is 2. The van der Waals surface area contributed by atoms with Crippen LogP contribution >= 0.6 is 11.8 Å². The maximum Gasteiger partial charge on any atom is 0.331 e. The van der Waals surface area contributed by atoms with Crippen molar-refractivity contribution >= 4 is 23.7 Å². The monoisotopic (exact) mass is 828 g/mol. The highest BCUT2D eigenvalue weighted by Gasteiger charge is 2.60. The Hall–Kier alpha value is -4.76. The molecule has 7 aliphatic heterocycles. The number of ether oxygens (including phenoxy) is 6. The van der Waals surface area contributed by atoms with Crippen LogP contribution in [0.5, 0.6) is 34.5 Å². The second-order valence-electron chi connectivity index (χ2n) is 16.2. The van der Waals surface area contributed by atoms with E-state index < -0.39 is 53.0 Å². The van der Waals surface area contributed by atoms with Crippen molar-refractivity contribution in [1.82, 2.24) is 15.5 Å². The summed E-state index contributed by atoms with van der Waals surface area (Å²) in [4.78, 5) is 30.1. The number of methoxy groups -OCH3 is 2. The number of hydrogen-bond acceptors (Lipinski definition) is 16. The molecule has 7 heterocycles. The minimum atomic E-state index is -1.35. The van der Waals surface area contributed by atoms with Crippen molar-refractivity contribution in [2.75, 3.05) is 46.5 Å². The average Bonchev–Trinajstić information content (AvgIpc) is 3.72. The number of aliphatic hydroxyl groups is 2. The first kappa shape index (κ1) is 39.7. The normalized spacial score (nSPS) is 28.0.